The molecule has 0 spiro atoms. The molecule has 0 amide bonds. The van der Waals surface area contributed by atoms with Crippen LogP contribution >= 0.6 is 11.6 Å². The SMILES string of the molecule is Nc1nc2c(Cl)cccc2cc1C(=O)O. The summed E-state index contributed by atoms with van der Waals surface area (Å²) >= 11 is 5.90. The van der Waals surface area contributed by atoms with Crippen molar-refractivity contribution in [3.05, 3.63) is 34.9 Å². The minimum absolute atomic E-state index is 0.00948. The number of rotatable bonds is 1. The Balaban J connectivity index is 2.82. The molecule has 1 aromatic heterocycles. The van der Waals surface area contributed by atoms with Crippen LogP contribution in [0.4, 0.5) is 5.82 Å². The van der Waals surface area contributed by atoms with Crippen molar-refractivity contribution >= 4 is 34.3 Å². The Bertz CT molecular complexity index is 554. The van der Waals surface area contributed by atoms with Gasteiger partial charge in [-0.2, -0.15) is 0 Å². The average Bonchev–Trinajstić information content (AvgIpc) is 2.18. The second-order valence-corrected chi connectivity index (χ2v) is 3.45. The van der Waals surface area contributed by atoms with Crippen molar-refractivity contribution in [2.24, 2.45) is 0 Å². The van der Waals surface area contributed by atoms with E-state index < -0.39 is 5.97 Å². The van der Waals surface area contributed by atoms with Gasteiger partial charge in [0.25, 0.3) is 0 Å². The van der Waals surface area contributed by atoms with Crippen LogP contribution in [0.25, 0.3) is 10.9 Å². The number of aromatic nitrogens is 1. The summed E-state index contributed by atoms with van der Waals surface area (Å²) in [6.45, 7) is 0. The highest BCUT2D eigenvalue weighted by Crippen LogP contribution is 2.24. The highest BCUT2D eigenvalue weighted by Gasteiger charge is 2.11. The number of carboxylic acids is 1. The number of carboxylic acid groups (broad SMARTS) is 1. The topological polar surface area (TPSA) is 76.2 Å². The van der Waals surface area contributed by atoms with Gasteiger partial charge in [-0.05, 0) is 12.1 Å². The number of nitrogens with zero attached hydrogens (tertiary/aromatic N) is 1. The minimum Gasteiger partial charge on any atom is -0.478 e. The number of hydrogen-bond acceptors (Lipinski definition) is 3. The predicted octanol–water partition coefficient (Wildman–Crippen LogP) is 2.17. The Morgan fingerprint density at radius 3 is 2.87 bits per heavy atom. The lowest BCUT2D eigenvalue weighted by Gasteiger charge is -2.04. The van der Waals surface area contributed by atoms with Crippen molar-refractivity contribution in [1.82, 2.24) is 4.98 Å². The molecule has 15 heavy (non-hydrogen) atoms. The highest BCUT2D eigenvalue weighted by molar-refractivity contribution is 6.35. The van der Waals surface area contributed by atoms with Crippen molar-refractivity contribution in [1.29, 1.82) is 0 Å². The molecule has 76 valence electrons. The smallest absolute Gasteiger partial charge is 0.339 e. The Kier molecular flexibility index (Phi) is 2.21. The van der Waals surface area contributed by atoms with Crippen molar-refractivity contribution in [3.63, 3.8) is 0 Å². The normalized spacial score (nSPS) is 10.5. The molecule has 0 saturated heterocycles. The maximum atomic E-state index is 10.8. The lowest BCUT2D eigenvalue weighted by molar-refractivity contribution is 0.0698. The Morgan fingerprint density at radius 1 is 1.47 bits per heavy atom. The Labute approximate surface area is 90.3 Å². The Hall–Kier alpha value is -1.81. The molecular formula is C10H7ClN2O2. The van der Waals surface area contributed by atoms with Crippen LogP contribution in [0.3, 0.4) is 0 Å². The van der Waals surface area contributed by atoms with Crippen LogP contribution in [0.2, 0.25) is 5.02 Å². The number of aromatic carboxylic acids is 1. The van der Waals surface area contributed by atoms with Gasteiger partial charge < -0.3 is 10.8 Å². The molecule has 0 aliphatic carbocycles. The van der Waals surface area contributed by atoms with Crippen molar-refractivity contribution in [2.45, 2.75) is 0 Å². The molecule has 0 fully saturated rings. The number of hydrogen-bond donors (Lipinski definition) is 2. The molecule has 0 saturated carbocycles. The number of benzene rings is 1. The summed E-state index contributed by atoms with van der Waals surface area (Å²) in [4.78, 5) is 14.8. The summed E-state index contributed by atoms with van der Waals surface area (Å²) in [5, 5.41) is 9.96. The molecule has 0 atom stereocenters. The summed E-state index contributed by atoms with van der Waals surface area (Å²) in [6, 6.07) is 6.61. The minimum atomic E-state index is -1.10. The van der Waals surface area contributed by atoms with E-state index in [2.05, 4.69) is 4.98 Å². The van der Waals surface area contributed by atoms with E-state index in [1.807, 2.05) is 0 Å². The van der Waals surface area contributed by atoms with Crippen LogP contribution in [-0.2, 0) is 0 Å². The van der Waals surface area contributed by atoms with Crippen LogP contribution < -0.4 is 5.73 Å². The van der Waals surface area contributed by atoms with E-state index in [0.29, 0.717) is 15.9 Å². The standard InChI is InChI=1S/C10H7ClN2O2/c11-7-3-1-2-5-4-6(10(14)15)9(12)13-8(5)7/h1-4H,(H2,12,13)(H,14,15). The van der Waals surface area contributed by atoms with Crippen molar-refractivity contribution < 1.29 is 9.90 Å². The quantitative estimate of drug-likeness (QED) is 0.775. The summed E-state index contributed by atoms with van der Waals surface area (Å²) < 4.78 is 0. The van der Waals surface area contributed by atoms with Crippen LogP contribution in [0.15, 0.2) is 24.3 Å². The molecule has 4 nitrogen and oxygen atoms in total. The number of para-hydroxylation sites is 1. The van der Waals surface area contributed by atoms with Crippen LogP contribution in [-0.4, -0.2) is 16.1 Å². The summed E-state index contributed by atoms with van der Waals surface area (Å²) in [7, 11) is 0. The van der Waals surface area contributed by atoms with Gasteiger partial charge in [0.15, 0.2) is 0 Å². The van der Waals surface area contributed by atoms with E-state index in [-0.39, 0.29) is 11.4 Å². The fourth-order valence-electron chi connectivity index (χ4n) is 1.35. The van der Waals surface area contributed by atoms with Crippen LogP contribution in [0.5, 0.6) is 0 Å². The molecule has 5 heteroatoms. The highest BCUT2D eigenvalue weighted by atomic mass is 35.5. The van der Waals surface area contributed by atoms with Gasteiger partial charge in [-0.25, -0.2) is 9.78 Å². The van der Waals surface area contributed by atoms with Gasteiger partial charge in [0.05, 0.1) is 10.5 Å². The zero-order valence-corrected chi connectivity index (χ0v) is 8.32. The zero-order chi connectivity index (χ0) is 11.0. The van der Waals surface area contributed by atoms with Gasteiger partial charge in [0.1, 0.15) is 11.4 Å². The number of nitrogens with two attached hydrogens (primary N) is 1. The lowest BCUT2D eigenvalue weighted by atomic mass is 10.1. The van der Waals surface area contributed by atoms with Gasteiger partial charge >= 0.3 is 5.97 Å². The van der Waals surface area contributed by atoms with Gasteiger partial charge in [0.2, 0.25) is 0 Å². The van der Waals surface area contributed by atoms with E-state index in [4.69, 9.17) is 22.4 Å². The first-order valence-corrected chi connectivity index (χ1v) is 4.55. The Morgan fingerprint density at radius 2 is 2.20 bits per heavy atom. The number of anilines is 1. The van der Waals surface area contributed by atoms with Crippen LogP contribution in [0, 0.1) is 0 Å². The van der Waals surface area contributed by atoms with E-state index in [0.717, 1.165) is 0 Å². The molecule has 0 aliphatic heterocycles. The number of pyridine rings is 1. The van der Waals surface area contributed by atoms with E-state index in [9.17, 15) is 4.79 Å². The number of carbonyl (C=O) groups is 1. The molecule has 0 unspecified atom stereocenters. The van der Waals surface area contributed by atoms with Gasteiger partial charge in [-0.1, -0.05) is 23.7 Å². The average molecular weight is 223 g/mol. The molecule has 2 rings (SSSR count). The number of halogens is 1. The van der Waals surface area contributed by atoms with Gasteiger partial charge in [0, 0.05) is 5.39 Å². The lowest BCUT2D eigenvalue weighted by Crippen LogP contribution is -2.04. The zero-order valence-electron chi connectivity index (χ0n) is 7.57. The predicted molar refractivity (Wildman–Crippen MR) is 58.1 cm³/mol. The molecular weight excluding hydrogens is 216 g/mol. The maximum Gasteiger partial charge on any atom is 0.339 e. The fraction of sp³-hybridized carbons (Fsp3) is 0. The fourth-order valence-corrected chi connectivity index (χ4v) is 1.57. The summed E-state index contributed by atoms with van der Waals surface area (Å²) in [5.74, 6) is -1.12. The molecule has 0 aliphatic rings. The third kappa shape index (κ3) is 1.59. The molecule has 1 aromatic carbocycles. The van der Waals surface area contributed by atoms with Gasteiger partial charge in [-0.3, -0.25) is 0 Å². The van der Waals surface area contributed by atoms with Crippen molar-refractivity contribution in [3.8, 4) is 0 Å². The van der Waals surface area contributed by atoms with E-state index in [1.165, 1.54) is 6.07 Å². The number of fused-ring (bicyclic) bond motifs is 1. The monoisotopic (exact) mass is 222 g/mol. The van der Waals surface area contributed by atoms with Gasteiger partial charge in [-0.15, -0.1) is 0 Å². The third-order valence-electron chi connectivity index (χ3n) is 2.06. The largest absolute Gasteiger partial charge is 0.478 e. The van der Waals surface area contributed by atoms with E-state index >= 15 is 0 Å². The van der Waals surface area contributed by atoms with Crippen molar-refractivity contribution in [2.75, 3.05) is 5.73 Å². The third-order valence-corrected chi connectivity index (χ3v) is 2.36. The molecule has 3 N–H and O–H groups in total. The second-order valence-electron chi connectivity index (χ2n) is 3.04. The number of nitrogen functional groups attached to an aromatic ring is 1. The molecule has 1 heterocycles. The second kappa shape index (κ2) is 3.40. The van der Waals surface area contributed by atoms with Crippen LogP contribution in [0.1, 0.15) is 10.4 Å². The first kappa shape index (κ1) is 9.73. The summed E-state index contributed by atoms with van der Waals surface area (Å²) in [5.41, 5.74) is 6.01. The molecule has 2 aromatic rings. The molecule has 0 radical (unpaired) electrons. The summed E-state index contributed by atoms with van der Waals surface area (Å²) in [6.07, 6.45) is 0. The first-order valence-electron chi connectivity index (χ1n) is 4.17. The molecule has 0 bridgehead atoms. The van der Waals surface area contributed by atoms with E-state index in [1.54, 1.807) is 18.2 Å². The first-order chi connectivity index (χ1) is 7.09. The maximum absolute atomic E-state index is 10.8.